The molecule has 0 atom stereocenters. The number of nitrogens with one attached hydrogen (secondary N) is 1. The first-order valence-corrected chi connectivity index (χ1v) is 6.66. The third-order valence-electron chi connectivity index (χ3n) is 3.65. The summed E-state index contributed by atoms with van der Waals surface area (Å²) in [6.07, 6.45) is 2.57. The quantitative estimate of drug-likeness (QED) is 0.914. The van der Waals surface area contributed by atoms with Crippen LogP contribution in [0.1, 0.15) is 23.6 Å². The minimum atomic E-state index is 0.930. The number of anilines is 2. The first-order chi connectivity index (χ1) is 9.33. The molecule has 4 heteroatoms. The molecule has 4 nitrogen and oxygen atoms in total. The summed E-state index contributed by atoms with van der Waals surface area (Å²) in [7, 11) is 1.91. The van der Waals surface area contributed by atoms with E-state index in [1.807, 2.05) is 7.05 Å². The molecule has 0 fully saturated rings. The van der Waals surface area contributed by atoms with E-state index in [0.717, 1.165) is 31.1 Å². The van der Waals surface area contributed by atoms with Crippen LogP contribution in [0.2, 0.25) is 0 Å². The van der Waals surface area contributed by atoms with Gasteiger partial charge in [0.15, 0.2) is 0 Å². The fourth-order valence-electron chi connectivity index (χ4n) is 2.70. The Kier molecular flexibility index (Phi) is 3.07. The van der Waals surface area contributed by atoms with Gasteiger partial charge in [0.2, 0.25) is 0 Å². The van der Waals surface area contributed by atoms with Crippen LogP contribution in [0.15, 0.2) is 30.6 Å². The number of hydrogen-bond donors (Lipinski definition) is 1. The zero-order valence-electron chi connectivity index (χ0n) is 11.3. The van der Waals surface area contributed by atoms with Crippen LogP contribution in [0.25, 0.3) is 0 Å². The lowest BCUT2D eigenvalue weighted by atomic mass is 10.1. The van der Waals surface area contributed by atoms with E-state index in [9.17, 15) is 0 Å². The number of aromatic nitrogens is 2. The van der Waals surface area contributed by atoms with Gasteiger partial charge in [-0.15, -0.1) is 0 Å². The molecule has 98 valence electrons. The van der Waals surface area contributed by atoms with Gasteiger partial charge in [0.25, 0.3) is 0 Å². The highest BCUT2D eigenvalue weighted by Gasteiger charge is 2.22. The molecule has 0 radical (unpaired) electrons. The summed E-state index contributed by atoms with van der Waals surface area (Å²) in [6.45, 7) is 4.01. The molecule has 2 heterocycles. The Morgan fingerprint density at radius 1 is 1.16 bits per heavy atom. The lowest BCUT2D eigenvalue weighted by Gasteiger charge is -2.20. The Bertz CT molecular complexity index is 569. The van der Waals surface area contributed by atoms with Gasteiger partial charge in [-0.05, 0) is 17.5 Å². The molecule has 1 N–H and O–H groups in total. The highest BCUT2D eigenvalue weighted by atomic mass is 15.2. The van der Waals surface area contributed by atoms with Gasteiger partial charge in [-0.25, -0.2) is 9.97 Å². The van der Waals surface area contributed by atoms with Crippen molar-refractivity contribution in [1.29, 1.82) is 0 Å². The van der Waals surface area contributed by atoms with Crippen LogP contribution in [0.5, 0.6) is 0 Å². The average Bonchev–Trinajstić information content (AvgIpc) is 2.89. The van der Waals surface area contributed by atoms with E-state index in [0.29, 0.717) is 0 Å². The standard InChI is InChI=1S/C15H18N4/c1-3-13-14(16-2)17-10-18-15(13)19-8-11-6-4-5-7-12(11)9-19/h4-7,10H,3,8-9H2,1-2H3,(H,16,17,18). The van der Waals surface area contributed by atoms with E-state index < -0.39 is 0 Å². The first-order valence-electron chi connectivity index (χ1n) is 6.66. The van der Waals surface area contributed by atoms with E-state index in [1.165, 1.54) is 16.7 Å². The molecule has 19 heavy (non-hydrogen) atoms. The van der Waals surface area contributed by atoms with Crippen LogP contribution in [-0.2, 0) is 19.5 Å². The van der Waals surface area contributed by atoms with Crippen LogP contribution >= 0.6 is 0 Å². The van der Waals surface area contributed by atoms with Crippen LogP contribution < -0.4 is 10.2 Å². The zero-order chi connectivity index (χ0) is 13.2. The summed E-state index contributed by atoms with van der Waals surface area (Å²) >= 11 is 0. The molecule has 0 amide bonds. The van der Waals surface area contributed by atoms with Crippen molar-refractivity contribution in [2.75, 3.05) is 17.3 Å². The van der Waals surface area contributed by atoms with E-state index >= 15 is 0 Å². The Balaban J connectivity index is 1.97. The second kappa shape index (κ2) is 4.88. The Hall–Kier alpha value is -2.10. The van der Waals surface area contributed by atoms with Gasteiger partial charge in [0.1, 0.15) is 18.0 Å². The van der Waals surface area contributed by atoms with Crippen molar-refractivity contribution in [3.05, 3.63) is 47.3 Å². The molecule has 0 unspecified atom stereocenters. The molecule has 1 aromatic heterocycles. The Morgan fingerprint density at radius 3 is 2.42 bits per heavy atom. The maximum atomic E-state index is 4.50. The fourth-order valence-corrected chi connectivity index (χ4v) is 2.70. The number of nitrogens with zero attached hydrogens (tertiary/aromatic N) is 3. The Morgan fingerprint density at radius 2 is 1.84 bits per heavy atom. The number of hydrogen-bond acceptors (Lipinski definition) is 4. The van der Waals surface area contributed by atoms with E-state index in [2.05, 4.69) is 51.4 Å². The van der Waals surface area contributed by atoms with Crippen LogP contribution in [0, 0.1) is 0 Å². The van der Waals surface area contributed by atoms with Crippen molar-refractivity contribution in [2.24, 2.45) is 0 Å². The fraction of sp³-hybridized carbons (Fsp3) is 0.333. The third-order valence-corrected chi connectivity index (χ3v) is 3.65. The van der Waals surface area contributed by atoms with E-state index in [4.69, 9.17) is 0 Å². The van der Waals surface area contributed by atoms with Gasteiger partial charge in [-0.1, -0.05) is 31.2 Å². The molecule has 0 aliphatic carbocycles. The molecule has 0 saturated heterocycles. The summed E-state index contributed by atoms with van der Waals surface area (Å²) in [5.41, 5.74) is 3.99. The van der Waals surface area contributed by atoms with E-state index in [-0.39, 0.29) is 0 Å². The second-order valence-electron chi connectivity index (χ2n) is 4.75. The Labute approximate surface area is 113 Å². The predicted molar refractivity (Wildman–Crippen MR) is 77.3 cm³/mol. The summed E-state index contributed by atoms with van der Waals surface area (Å²) in [5, 5.41) is 3.15. The largest absolute Gasteiger partial charge is 0.373 e. The third kappa shape index (κ3) is 2.03. The topological polar surface area (TPSA) is 41.1 Å². The summed E-state index contributed by atoms with van der Waals surface area (Å²) in [6, 6.07) is 8.59. The van der Waals surface area contributed by atoms with Crippen molar-refractivity contribution in [2.45, 2.75) is 26.4 Å². The lowest BCUT2D eigenvalue weighted by Crippen LogP contribution is -2.19. The molecule has 1 aliphatic heterocycles. The van der Waals surface area contributed by atoms with Gasteiger partial charge in [0.05, 0.1) is 0 Å². The molecule has 1 aromatic carbocycles. The van der Waals surface area contributed by atoms with Crippen LogP contribution in [0.4, 0.5) is 11.6 Å². The highest BCUT2D eigenvalue weighted by molar-refractivity contribution is 5.60. The second-order valence-corrected chi connectivity index (χ2v) is 4.75. The van der Waals surface area contributed by atoms with Gasteiger partial charge in [-0.2, -0.15) is 0 Å². The van der Waals surface area contributed by atoms with Gasteiger partial charge in [-0.3, -0.25) is 0 Å². The summed E-state index contributed by atoms with van der Waals surface area (Å²) < 4.78 is 0. The molecule has 0 spiro atoms. The smallest absolute Gasteiger partial charge is 0.137 e. The monoisotopic (exact) mass is 254 g/mol. The molecule has 0 bridgehead atoms. The van der Waals surface area contributed by atoms with Gasteiger partial charge < -0.3 is 10.2 Å². The molecule has 0 saturated carbocycles. The first kappa shape index (κ1) is 12.0. The molecule has 3 rings (SSSR count). The van der Waals surface area contributed by atoms with Gasteiger partial charge >= 0.3 is 0 Å². The SMILES string of the molecule is CCc1c(NC)ncnc1N1Cc2ccccc2C1. The van der Waals surface area contributed by atoms with Crippen molar-refractivity contribution in [3.8, 4) is 0 Å². The summed E-state index contributed by atoms with van der Waals surface area (Å²) in [5.74, 6) is 1.99. The maximum absolute atomic E-state index is 4.50. The average molecular weight is 254 g/mol. The maximum Gasteiger partial charge on any atom is 0.137 e. The molecular formula is C15H18N4. The minimum Gasteiger partial charge on any atom is -0.373 e. The minimum absolute atomic E-state index is 0.930. The molecule has 1 aliphatic rings. The summed E-state index contributed by atoms with van der Waals surface area (Å²) in [4.78, 5) is 11.1. The van der Waals surface area contributed by atoms with Crippen molar-refractivity contribution in [3.63, 3.8) is 0 Å². The molecular weight excluding hydrogens is 236 g/mol. The van der Waals surface area contributed by atoms with Crippen molar-refractivity contribution < 1.29 is 0 Å². The number of rotatable bonds is 3. The molecule has 2 aromatic rings. The highest BCUT2D eigenvalue weighted by Crippen LogP contribution is 2.31. The van der Waals surface area contributed by atoms with E-state index in [1.54, 1.807) is 6.33 Å². The number of fused-ring (bicyclic) bond motifs is 1. The number of benzene rings is 1. The van der Waals surface area contributed by atoms with Crippen LogP contribution in [0.3, 0.4) is 0 Å². The normalized spacial score (nSPS) is 13.5. The van der Waals surface area contributed by atoms with Crippen molar-refractivity contribution >= 4 is 11.6 Å². The van der Waals surface area contributed by atoms with Crippen LogP contribution in [-0.4, -0.2) is 17.0 Å². The van der Waals surface area contributed by atoms with Crippen molar-refractivity contribution in [1.82, 2.24) is 9.97 Å². The predicted octanol–water partition coefficient (Wildman–Crippen LogP) is 2.60. The van der Waals surface area contributed by atoms with Gasteiger partial charge in [0, 0.05) is 25.7 Å². The zero-order valence-corrected chi connectivity index (χ0v) is 11.3. The lowest BCUT2D eigenvalue weighted by molar-refractivity contribution is 0.835.